The third kappa shape index (κ3) is 5.25. The first-order chi connectivity index (χ1) is 23.2. The molecule has 0 aliphatic heterocycles. The molecule has 266 valence electrons. The van der Waals surface area contributed by atoms with Gasteiger partial charge in [-0.1, -0.05) is 65.0 Å². The number of aromatic nitrogens is 2. The maximum atomic E-state index is 11.6. The molecule has 5 heteroatoms. The van der Waals surface area contributed by atoms with Crippen LogP contribution < -0.4 is 5.32 Å². The summed E-state index contributed by atoms with van der Waals surface area (Å²) < 4.78 is 2.28. The molecule has 0 spiro atoms. The minimum absolute atomic E-state index is 0.0390. The molecule has 7 rings (SSSR count). The van der Waals surface area contributed by atoms with Crippen molar-refractivity contribution < 1.29 is 9.90 Å². The van der Waals surface area contributed by atoms with Crippen molar-refractivity contribution in [2.45, 2.75) is 119 Å². The van der Waals surface area contributed by atoms with Crippen molar-refractivity contribution in [1.29, 1.82) is 0 Å². The van der Waals surface area contributed by atoms with Gasteiger partial charge >= 0.3 is 5.97 Å². The lowest BCUT2D eigenvalue weighted by Gasteiger charge is -2.72. The molecule has 1 aromatic heterocycles. The number of imidazole rings is 1. The van der Waals surface area contributed by atoms with Crippen LogP contribution in [0.3, 0.4) is 0 Å². The average Bonchev–Trinajstić information content (AvgIpc) is 3.64. The third-order valence-corrected chi connectivity index (χ3v) is 16.4. The van der Waals surface area contributed by atoms with E-state index in [2.05, 4.69) is 82.2 Å². The lowest BCUT2D eigenvalue weighted by atomic mass is 9.32. The highest BCUT2D eigenvalue weighted by molar-refractivity contribution is 5.88. The summed E-state index contributed by atoms with van der Waals surface area (Å²) >= 11 is 0. The Morgan fingerprint density at radius 3 is 2.41 bits per heavy atom. The van der Waals surface area contributed by atoms with Gasteiger partial charge in [0, 0.05) is 25.5 Å². The molecule has 2 aromatic rings. The van der Waals surface area contributed by atoms with Gasteiger partial charge in [-0.05, 0) is 165 Å². The number of carbonyl (C=O) groups is 1. The first-order valence-corrected chi connectivity index (χ1v) is 19.6. The van der Waals surface area contributed by atoms with Gasteiger partial charge in [0.2, 0.25) is 0 Å². The fraction of sp³-hybridized carbons (Fsp3) is 0.682. The number of aromatic carboxylic acids is 1. The summed E-state index contributed by atoms with van der Waals surface area (Å²) in [5.41, 5.74) is 5.78. The Bertz CT molecular complexity index is 1620. The van der Waals surface area contributed by atoms with Gasteiger partial charge < -0.3 is 15.0 Å². The Morgan fingerprint density at radius 1 is 0.980 bits per heavy atom. The molecule has 49 heavy (non-hydrogen) atoms. The Morgan fingerprint density at radius 2 is 1.73 bits per heavy atom. The van der Waals surface area contributed by atoms with Gasteiger partial charge in [-0.15, -0.1) is 0 Å². The SMILES string of the molecule is C=C(C)[C@@H]1CC[C@]2(CNCCCn3ccnc3C)CC[C@]3(C)[C@H](CC[C@@H]4[C@@]5(C)CC=C(c6ccc(C(=O)O)cc6)C(C)(C)[C@@H]5CC[C@]43C)[C@@H]12. The molecule has 0 unspecified atom stereocenters. The van der Waals surface area contributed by atoms with E-state index >= 15 is 0 Å². The largest absolute Gasteiger partial charge is 0.478 e. The number of carboxylic acid groups (broad SMARTS) is 1. The van der Waals surface area contributed by atoms with Crippen molar-refractivity contribution in [2.24, 2.45) is 56.7 Å². The second kappa shape index (κ2) is 12.2. The van der Waals surface area contributed by atoms with Crippen LogP contribution in [0.4, 0.5) is 0 Å². The molecule has 5 aliphatic rings. The third-order valence-electron chi connectivity index (χ3n) is 16.4. The van der Waals surface area contributed by atoms with E-state index in [0.717, 1.165) is 50.1 Å². The maximum Gasteiger partial charge on any atom is 0.335 e. The minimum Gasteiger partial charge on any atom is -0.478 e. The Hall–Kier alpha value is -2.66. The van der Waals surface area contributed by atoms with E-state index in [-0.39, 0.29) is 10.8 Å². The molecule has 2 N–H and O–H groups in total. The standard InChI is InChI=1S/C44H63N3O2/c1-29(2)33-16-21-44(28-45-24-9-26-47-27-25-46-30(47)3)23-22-42(7)35(38(33)44)14-15-37-41(6)19-17-34(31-10-12-32(13-11-31)39(48)49)40(4,5)36(41)18-20-43(37,42)8/h10-13,17,25,27,33,35-38,45H,1,9,14-16,18-24,26,28H2,2-8H3,(H,48,49)/t33-,35+,36-,37+,38+,41-,42+,43+,44+/m0/s1. The molecule has 4 saturated carbocycles. The zero-order valence-electron chi connectivity index (χ0n) is 31.6. The molecule has 0 radical (unpaired) electrons. The molecule has 0 bridgehead atoms. The predicted octanol–water partition coefficient (Wildman–Crippen LogP) is 10.2. The molecule has 5 aliphatic carbocycles. The number of aryl methyl sites for hydroxylation is 2. The van der Waals surface area contributed by atoms with Gasteiger partial charge in [0.25, 0.3) is 0 Å². The number of rotatable bonds is 9. The monoisotopic (exact) mass is 665 g/mol. The lowest BCUT2D eigenvalue weighted by molar-refractivity contribution is -0.225. The highest BCUT2D eigenvalue weighted by Gasteiger charge is 2.70. The summed E-state index contributed by atoms with van der Waals surface area (Å²) in [6.45, 7) is 25.5. The molecule has 5 nitrogen and oxygen atoms in total. The molecule has 1 aromatic carbocycles. The highest BCUT2D eigenvalue weighted by atomic mass is 16.4. The molecule has 4 fully saturated rings. The minimum atomic E-state index is -0.855. The Balaban J connectivity index is 1.13. The van der Waals surface area contributed by atoms with Crippen LogP contribution in [0.2, 0.25) is 0 Å². The molecule has 0 saturated heterocycles. The van der Waals surface area contributed by atoms with Crippen molar-refractivity contribution in [1.82, 2.24) is 14.9 Å². The van der Waals surface area contributed by atoms with Crippen LogP contribution in [0.25, 0.3) is 5.57 Å². The normalized spacial score (nSPS) is 39.2. The number of hydrogen-bond donors (Lipinski definition) is 2. The Labute approximate surface area is 296 Å². The number of nitrogens with one attached hydrogen (secondary N) is 1. The van der Waals surface area contributed by atoms with Gasteiger partial charge in [-0.25, -0.2) is 9.78 Å². The number of nitrogens with zero attached hydrogens (tertiary/aromatic N) is 2. The molecule has 1 heterocycles. The molecule has 9 atom stereocenters. The van der Waals surface area contributed by atoms with Gasteiger partial charge in [-0.2, -0.15) is 0 Å². The lowest BCUT2D eigenvalue weighted by Crippen LogP contribution is -2.65. The fourth-order valence-electron chi connectivity index (χ4n) is 13.8. The smallest absolute Gasteiger partial charge is 0.335 e. The van der Waals surface area contributed by atoms with Crippen LogP contribution in [0.1, 0.15) is 127 Å². The van der Waals surface area contributed by atoms with Crippen LogP contribution in [-0.4, -0.2) is 33.7 Å². The first kappa shape index (κ1) is 34.8. The summed E-state index contributed by atoms with van der Waals surface area (Å²) in [5.74, 6) is 3.73. The summed E-state index contributed by atoms with van der Waals surface area (Å²) in [6.07, 6.45) is 19.6. The van der Waals surface area contributed by atoms with E-state index in [1.54, 1.807) is 12.1 Å². The van der Waals surface area contributed by atoms with Gasteiger partial charge in [0.15, 0.2) is 0 Å². The number of allylic oxidation sites excluding steroid dienone is 3. The van der Waals surface area contributed by atoms with Crippen molar-refractivity contribution >= 4 is 11.5 Å². The number of fused-ring (bicyclic) bond motifs is 7. The highest BCUT2D eigenvalue weighted by Crippen LogP contribution is 2.77. The van der Waals surface area contributed by atoms with Gasteiger partial charge in [0.05, 0.1) is 5.56 Å². The number of hydrogen-bond acceptors (Lipinski definition) is 3. The summed E-state index contributed by atoms with van der Waals surface area (Å²) in [6, 6.07) is 7.65. The Kier molecular flexibility index (Phi) is 8.69. The number of benzene rings is 1. The maximum absolute atomic E-state index is 11.6. The summed E-state index contributed by atoms with van der Waals surface area (Å²) in [7, 11) is 0. The van der Waals surface area contributed by atoms with E-state index < -0.39 is 5.97 Å². The summed E-state index contributed by atoms with van der Waals surface area (Å²) in [4.78, 5) is 16.0. The van der Waals surface area contributed by atoms with Crippen LogP contribution in [0, 0.1) is 63.6 Å². The van der Waals surface area contributed by atoms with Gasteiger partial charge in [0.1, 0.15) is 5.82 Å². The average molecular weight is 666 g/mol. The quantitative estimate of drug-likeness (QED) is 0.207. The second-order valence-electron chi connectivity index (χ2n) is 18.7. The second-order valence-corrected chi connectivity index (χ2v) is 18.7. The van der Waals surface area contributed by atoms with Crippen LogP contribution in [0.15, 0.2) is 54.9 Å². The molecular weight excluding hydrogens is 603 g/mol. The fourth-order valence-corrected chi connectivity index (χ4v) is 13.8. The van der Waals surface area contributed by atoms with E-state index in [1.165, 1.54) is 68.1 Å². The van der Waals surface area contributed by atoms with Gasteiger partial charge in [-0.3, -0.25) is 0 Å². The number of carboxylic acids is 1. The van der Waals surface area contributed by atoms with Crippen molar-refractivity contribution in [3.05, 3.63) is 71.8 Å². The predicted molar refractivity (Wildman–Crippen MR) is 200 cm³/mol. The van der Waals surface area contributed by atoms with Crippen molar-refractivity contribution in [3.63, 3.8) is 0 Å². The first-order valence-electron chi connectivity index (χ1n) is 19.6. The summed E-state index contributed by atoms with van der Waals surface area (Å²) in [5, 5.41) is 13.5. The van der Waals surface area contributed by atoms with E-state index in [0.29, 0.717) is 39.6 Å². The van der Waals surface area contributed by atoms with E-state index in [4.69, 9.17) is 0 Å². The van der Waals surface area contributed by atoms with E-state index in [1.807, 2.05) is 18.3 Å². The molecular formula is C44H63N3O2. The van der Waals surface area contributed by atoms with Crippen LogP contribution in [0.5, 0.6) is 0 Å². The van der Waals surface area contributed by atoms with Crippen molar-refractivity contribution in [3.8, 4) is 0 Å². The topological polar surface area (TPSA) is 67.2 Å². The zero-order chi connectivity index (χ0) is 35.0. The molecule has 0 amide bonds. The van der Waals surface area contributed by atoms with Crippen LogP contribution in [-0.2, 0) is 6.54 Å². The van der Waals surface area contributed by atoms with Crippen molar-refractivity contribution in [2.75, 3.05) is 13.1 Å². The van der Waals surface area contributed by atoms with Crippen LogP contribution >= 0.6 is 0 Å². The zero-order valence-corrected chi connectivity index (χ0v) is 31.6. The van der Waals surface area contributed by atoms with E-state index in [9.17, 15) is 9.90 Å².